The van der Waals surface area contributed by atoms with Crippen molar-refractivity contribution in [3.05, 3.63) is 29.8 Å². The number of nitrogens with two attached hydrogens (primary N) is 1. The van der Waals surface area contributed by atoms with Gasteiger partial charge in [-0.05, 0) is 44.4 Å². The lowest BCUT2D eigenvalue weighted by molar-refractivity contribution is 0.466. The largest absolute Gasteiger partial charge is 0.367 e. The first-order valence-corrected chi connectivity index (χ1v) is 7.31. The van der Waals surface area contributed by atoms with Gasteiger partial charge in [0.2, 0.25) is 0 Å². The lowest BCUT2D eigenvalue weighted by Crippen LogP contribution is -2.47. The minimum Gasteiger partial charge on any atom is -0.367 e. The van der Waals surface area contributed by atoms with Crippen LogP contribution in [-0.2, 0) is 0 Å². The first-order valence-electron chi connectivity index (χ1n) is 7.31. The summed E-state index contributed by atoms with van der Waals surface area (Å²) < 4.78 is 0. The Morgan fingerprint density at radius 3 is 2.72 bits per heavy atom. The van der Waals surface area contributed by atoms with E-state index in [1.54, 1.807) is 0 Å². The van der Waals surface area contributed by atoms with E-state index in [0.29, 0.717) is 12.1 Å². The van der Waals surface area contributed by atoms with Crippen LogP contribution in [0.5, 0.6) is 0 Å². The molecule has 1 aliphatic rings. The molecule has 1 fully saturated rings. The molecule has 1 aromatic carbocycles. The predicted molar refractivity (Wildman–Crippen MR) is 79.0 cm³/mol. The number of hydrogen-bond acceptors (Lipinski definition) is 2. The molecule has 0 amide bonds. The normalized spacial score (nSPS) is 24.6. The van der Waals surface area contributed by atoms with Crippen molar-refractivity contribution >= 4 is 5.69 Å². The Morgan fingerprint density at radius 2 is 2.00 bits per heavy atom. The van der Waals surface area contributed by atoms with Crippen molar-refractivity contribution in [1.82, 2.24) is 0 Å². The fourth-order valence-corrected chi connectivity index (χ4v) is 3.12. The van der Waals surface area contributed by atoms with E-state index in [2.05, 4.69) is 43.0 Å². The highest BCUT2D eigenvalue weighted by Gasteiger charge is 2.25. The molecule has 2 nitrogen and oxygen atoms in total. The molecule has 2 rings (SSSR count). The molecule has 100 valence electrons. The average molecular weight is 246 g/mol. The highest BCUT2D eigenvalue weighted by atomic mass is 15.2. The molecule has 0 radical (unpaired) electrons. The van der Waals surface area contributed by atoms with E-state index in [9.17, 15) is 0 Å². The van der Waals surface area contributed by atoms with Gasteiger partial charge in [0.1, 0.15) is 0 Å². The van der Waals surface area contributed by atoms with E-state index >= 15 is 0 Å². The van der Waals surface area contributed by atoms with E-state index < -0.39 is 0 Å². The summed E-state index contributed by atoms with van der Waals surface area (Å²) in [4.78, 5) is 2.50. The zero-order valence-electron chi connectivity index (χ0n) is 11.7. The third kappa shape index (κ3) is 3.05. The summed E-state index contributed by atoms with van der Waals surface area (Å²) in [5, 5.41) is 0. The summed E-state index contributed by atoms with van der Waals surface area (Å²) in [6, 6.07) is 9.64. The molecule has 2 N–H and O–H groups in total. The number of benzene rings is 1. The van der Waals surface area contributed by atoms with Crippen molar-refractivity contribution in [3.8, 4) is 0 Å². The number of aryl methyl sites for hydroxylation is 1. The molecule has 0 saturated heterocycles. The second-order valence-electron chi connectivity index (χ2n) is 5.49. The Labute approximate surface area is 111 Å². The van der Waals surface area contributed by atoms with Crippen LogP contribution in [-0.4, -0.2) is 18.6 Å². The van der Waals surface area contributed by atoms with Gasteiger partial charge < -0.3 is 10.6 Å². The number of rotatable bonds is 3. The highest BCUT2D eigenvalue weighted by Crippen LogP contribution is 2.26. The minimum atomic E-state index is 0.327. The lowest BCUT2D eigenvalue weighted by atomic mass is 10.0. The molecule has 1 aromatic rings. The van der Waals surface area contributed by atoms with Gasteiger partial charge in [-0.1, -0.05) is 31.4 Å². The topological polar surface area (TPSA) is 29.3 Å². The Balaban J connectivity index is 2.21. The molecule has 18 heavy (non-hydrogen) atoms. The van der Waals surface area contributed by atoms with Gasteiger partial charge in [0, 0.05) is 24.3 Å². The van der Waals surface area contributed by atoms with Gasteiger partial charge in [0.15, 0.2) is 0 Å². The molecule has 2 atom stereocenters. The van der Waals surface area contributed by atoms with Crippen LogP contribution in [0.1, 0.15) is 44.6 Å². The average Bonchev–Trinajstić information content (AvgIpc) is 2.56. The maximum atomic E-state index is 6.39. The van der Waals surface area contributed by atoms with Gasteiger partial charge in [-0.25, -0.2) is 0 Å². The van der Waals surface area contributed by atoms with Crippen molar-refractivity contribution in [2.75, 3.05) is 11.4 Å². The lowest BCUT2D eigenvalue weighted by Gasteiger charge is -2.36. The maximum Gasteiger partial charge on any atom is 0.0440 e. The van der Waals surface area contributed by atoms with Crippen molar-refractivity contribution in [2.45, 2.75) is 58.0 Å². The van der Waals surface area contributed by atoms with Crippen LogP contribution in [0, 0.1) is 6.92 Å². The van der Waals surface area contributed by atoms with E-state index in [1.807, 2.05) is 0 Å². The highest BCUT2D eigenvalue weighted by molar-refractivity contribution is 5.49. The smallest absolute Gasteiger partial charge is 0.0440 e. The van der Waals surface area contributed by atoms with E-state index in [-0.39, 0.29) is 0 Å². The Hall–Kier alpha value is -1.02. The Kier molecular flexibility index (Phi) is 4.65. The minimum absolute atomic E-state index is 0.327. The van der Waals surface area contributed by atoms with E-state index in [0.717, 1.165) is 6.54 Å². The van der Waals surface area contributed by atoms with Gasteiger partial charge in [-0.3, -0.25) is 0 Å². The summed E-state index contributed by atoms with van der Waals surface area (Å²) in [5.74, 6) is 0. The molecule has 0 bridgehead atoms. The van der Waals surface area contributed by atoms with Gasteiger partial charge in [-0.2, -0.15) is 0 Å². The second kappa shape index (κ2) is 6.24. The van der Waals surface area contributed by atoms with Crippen molar-refractivity contribution in [3.63, 3.8) is 0 Å². The number of hydrogen-bond donors (Lipinski definition) is 1. The van der Waals surface area contributed by atoms with Crippen LogP contribution in [0.25, 0.3) is 0 Å². The summed E-state index contributed by atoms with van der Waals surface area (Å²) in [6.07, 6.45) is 6.37. The zero-order valence-corrected chi connectivity index (χ0v) is 11.7. The third-order valence-corrected chi connectivity index (χ3v) is 4.11. The van der Waals surface area contributed by atoms with Gasteiger partial charge >= 0.3 is 0 Å². The van der Waals surface area contributed by atoms with Crippen molar-refractivity contribution in [2.24, 2.45) is 5.73 Å². The molecular formula is C16H26N2. The molecule has 0 aromatic heterocycles. The molecule has 1 aliphatic carbocycles. The first kappa shape index (κ1) is 13.4. The maximum absolute atomic E-state index is 6.39. The molecule has 2 heteroatoms. The van der Waals surface area contributed by atoms with Crippen LogP contribution in [0.4, 0.5) is 5.69 Å². The van der Waals surface area contributed by atoms with Crippen molar-refractivity contribution in [1.29, 1.82) is 0 Å². The van der Waals surface area contributed by atoms with Crippen molar-refractivity contribution < 1.29 is 0 Å². The molecule has 0 aliphatic heterocycles. The van der Waals surface area contributed by atoms with Gasteiger partial charge in [0.25, 0.3) is 0 Å². The zero-order chi connectivity index (χ0) is 13.0. The van der Waals surface area contributed by atoms with Crippen LogP contribution >= 0.6 is 0 Å². The summed E-state index contributed by atoms with van der Waals surface area (Å²) in [5.41, 5.74) is 9.05. The molecule has 1 saturated carbocycles. The van der Waals surface area contributed by atoms with E-state index in [4.69, 9.17) is 5.73 Å². The number of likely N-dealkylation sites (N-methyl/N-ethyl adjacent to an activating group) is 1. The van der Waals surface area contributed by atoms with Crippen LogP contribution in [0.2, 0.25) is 0 Å². The Morgan fingerprint density at radius 1 is 1.22 bits per heavy atom. The monoisotopic (exact) mass is 246 g/mol. The van der Waals surface area contributed by atoms with E-state index in [1.165, 1.54) is 43.4 Å². The predicted octanol–water partition coefficient (Wildman–Crippen LogP) is 3.48. The second-order valence-corrected chi connectivity index (χ2v) is 5.49. The Bertz CT molecular complexity index is 375. The fraction of sp³-hybridized carbons (Fsp3) is 0.625. The van der Waals surface area contributed by atoms with Gasteiger partial charge in [-0.15, -0.1) is 0 Å². The molecule has 0 heterocycles. The summed E-state index contributed by atoms with van der Waals surface area (Å²) >= 11 is 0. The molecule has 0 spiro atoms. The van der Waals surface area contributed by atoms with Crippen LogP contribution in [0.3, 0.4) is 0 Å². The molecular weight excluding hydrogens is 220 g/mol. The fourth-order valence-electron chi connectivity index (χ4n) is 3.12. The number of nitrogens with zero attached hydrogens (tertiary/aromatic N) is 1. The standard InChI is InChI=1S/C16H26N2/c1-3-18(14-9-7-8-13(2)12-14)16-11-6-4-5-10-15(16)17/h7-9,12,15-16H,3-6,10-11,17H2,1-2H3. The first-order chi connectivity index (χ1) is 8.72. The third-order valence-electron chi connectivity index (χ3n) is 4.11. The summed E-state index contributed by atoms with van der Waals surface area (Å²) in [6.45, 7) is 5.44. The van der Waals surface area contributed by atoms with Crippen LogP contribution in [0.15, 0.2) is 24.3 Å². The quantitative estimate of drug-likeness (QED) is 0.827. The SMILES string of the molecule is CCN(c1cccc(C)c1)C1CCCCCC1N. The number of anilines is 1. The van der Waals surface area contributed by atoms with Crippen LogP contribution < -0.4 is 10.6 Å². The van der Waals surface area contributed by atoms with Gasteiger partial charge in [0.05, 0.1) is 0 Å². The summed E-state index contributed by atoms with van der Waals surface area (Å²) in [7, 11) is 0. The molecule has 2 unspecified atom stereocenters.